The monoisotopic (exact) mass is 218 g/mol. The first kappa shape index (κ1) is 10.6. The lowest BCUT2D eigenvalue weighted by Gasteiger charge is -2.10. The molecule has 0 fully saturated rings. The second kappa shape index (κ2) is 4.32. The zero-order chi connectivity index (χ0) is 11.5. The highest BCUT2D eigenvalue weighted by Crippen LogP contribution is 2.16. The highest BCUT2D eigenvalue weighted by atomic mass is 16.5. The average molecular weight is 218 g/mol. The normalized spacial score (nSPS) is 12.4. The number of rotatable bonds is 3. The SMILES string of the molecule is COc1ccc(-n2cncc2[C@@H](C)N)cn1. The number of nitrogens with two attached hydrogens (primary N) is 1. The Morgan fingerprint density at radius 3 is 2.75 bits per heavy atom. The first-order valence-electron chi connectivity index (χ1n) is 5.00. The third-order valence-electron chi connectivity index (χ3n) is 2.34. The first-order chi connectivity index (χ1) is 7.72. The van der Waals surface area contributed by atoms with E-state index in [0.717, 1.165) is 11.4 Å². The molecule has 2 aromatic heterocycles. The number of methoxy groups -OCH3 is 1. The second-order valence-electron chi connectivity index (χ2n) is 3.54. The van der Waals surface area contributed by atoms with Gasteiger partial charge in [0.05, 0.1) is 37.2 Å². The van der Waals surface area contributed by atoms with E-state index in [2.05, 4.69) is 9.97 Å². The Kier molecular flexibility index (Phi) is 2.87. The van der Waals surface area contributed by atoms with Crippen LogP contribution in [0.1, 0.15) is 18.7 Å². The molecule has 2 rings (SSSR count). The molecule has 2 heterocycles. The van der Waals surface area contributed by atoms with E-state index in [1.54, 1.807) is 31.9 Å². The Morgan fingerprint density at radius 2 is 2.19 bits per heavy atom. The van der Waals surface area contributed by atoms with Gasteiger partial charge in [-0.3, -0.25) is 0 Å². The van der Waals surface area contributed by atoms with E-state index in [1.807, 2.05) is 17.6 Å². The van der Waals surface area contributed by atoms with Crippen molar-refractivity contribution >= 4 is 0 Å². The second-order valence-corrected chi connectivity index (χ2v) is 3.54. The molecule has 84 valence electrons. The molecule has 0 bridgehead atoms. The van der Waals surface area contributed by atoms with Crippen LogP contribution in [0, 0.1) is 0 Å². The molecule has 0 aliphatic rings. The zero-order valence-corrected chi connectivity index (χ0v) is 9.29. The van der Waals surface area contributed by atoms with Gasteiger partial charge in [0.15, 0.2) is 0 Å². The summed E-state index contributed by atoms with van der Waals surface area (Å²) in [7, 11) is 1.59. The van der Waals surface area contributed by atoms with Crippen molar-refractivity contribution in [3.63, 3.8) is 0 Å². The van der Waals surface area contributed by atoms with Crippen LogP contribution in [0.4, 0.5) is 0 Å². The molecule has 0 radical (unpaired) electrons. The molecule has 2 N–H and O–H groups in total. The summed E-state index contributed by atoms with van der Waals surface area (Å²) in [4.78, 5) is 8.23. The van der Waals surface area contributed by atoms with Crippen LogP contribution in [0.2, 0.25) is 0 Å². The lowest BCUT2D eigenvalue weighted by molar-refractivity contribution is 0.398. The Labute approximate surface area is 93.9 Å². The Balaban J connectivity index is 2.38. The molecule has 5 nitrogen and oxygen atoms in total. The number of ether oxygens (including phenoxy) is 1. The maximum Gasteiger partial charge on any atom is 0.213 e. The van der Waals surface area contributed by atoms with Gasteiger partial charge in [-0.15, -0.1) is 0 Å². The highest BCUT2D eigenvalue weighted by molar-refractivity contribution is 5.33. The minimum Gasteiger partial charge on any atom is -0.481 e. The summed E-state index contributed by atoms with van der Waals surface area (Å²) >= 11 is 0. The van der Waals surface area contributed by atoms with E-state index >= 15 is 0 Å². The van der Waals surface area contributed by atoms with Crippen LogP contribution < -0.4 is 10.5 Å². The lowest BCUT2D eigenvalue weighted by Crippen LogP contribution is -2.10. The Hall–Kier alpha value is -1.88. The molecule has 2 aromatic rings. The molecule has 0 saturated carbocycles. The molecule has 1 atom stereocenters. The van der Waals surface area contributed by atoms with Crippen LogP contribution >= 0.6 is 0 Å². The van der Waals surface area contributed by atoms with Crippen molar-refractivity contribution in [1.82, 2.24) is 14.5 Å². The van der Waals surface area contributed by atoms with E-state index in [1.165, 1.54) is 0 Å². The highest BCUT2D eigenvalue weighted by Gasteiger charge is 2.08. The van der Waals surface area contributed by atoms with Gasteiger partial charge in [0.2, 0.25) is 5.88 Å². The number of nitrogens with zero attached hydrogens (tertiary/aromatic N) is 3. The Bertz CT molecular complexity index is 461. The van der Waals surface area contributed by atoms with Gasteiger partial charge in [0.1, 0.15) is 0 Å². The van der Waals surface area contributed by atoms with Crippen molar-refractivity contribution < 1.29 is 4.74 Å². The van der Waals surface area contributed by atoms with Crippen LogP contribution in [0.15, 0.2) is 30.9 Å². The predicted molar refractivity (Wildman–Crippen MR) is 60.5 cm³/mol. The molecule has 0 amide bonds. The maximum absolute atomic E-state index is 5.85. The number of aromatic nitrogens is 3. The third kappa shape index (κ3) is 1.90. The van der Waals surface area contributed by atoms with Crippen LogP contribution in [0.3, 0.4) is 0 Å². The summed E-state index contributed by atoms with van der Waals surface area (Å²) < 4.78 is 6.92. The van der Waals surface area contributed by atoms with Crippen LogP contribution in [0.25, 0.3) is 5.69 Å². The molecular formula is C11H14N4O. The van der Waals surface area contributed by atoms with Crippen LogP contribution in [-0.2, 0) is 0 Å². The van der Waals surface area contributed by atoms with Crippen LogP contribution in [0.5, 0.6) is 5.88 Å². The van der Waals surface area contributed by atoms with E-state index < -0.39 is 0 Å². The van der Waals surface area contributed by atoms with Gasteiger partial charge in [-0.05, 0) is 13.0 Å². The molecular weight excluding hydrogens is 204 g/mol. The lowest BCUT2D eigenvalue weighted by atomic mass is 10.2. The van der Waals surface area contributed by atoms with E-state index in [0.29, 0.717) is 5.88 Å². The minimum atomic E-state index is -0.0652. The largest absolute Gasteiger partial charge is 0.481 e. The van der Waals surface area contributed by atoms with Crippen molar-refractivity contribution in [2.24, 2.45) is 5.73 Å². The standard InChI is InChI=1S/C11H14N4O/c1-8(12)10-6-13-7-15(10)9-3-4-11(16-2)14-5-9/h3-8H,12H2,1-2H3/t8-/m1/s1. The smallest absolute Gasteiger partial charge is 0.213 e. The van der Waals surface area contributed by atoms with Crippen molar-refractivity contribution in [2.75, 3.05) is 7.11 Å². The van der Waals surface area contributed by atoms with Crippen molar-refractivity contribution in [2.45, 2.75) is 13.0 Å². The van der Waals surface area contributed by atoms with Gasteiger partial charge in [-0.2, -0.15) is 0 Å². The van der Waals surface area contributed by atoms with Gasteiger partial charge in [-0.25, -0.2) is 9.97 Å². The Morgan fingerprint density at radius 1 is 1.38 bits per heavy atom. The molecule has 5 heteroatoms. The molecule has 0 unspecified atom stereocenters. The topological polar surface area (TPSA) is 66.0 Å². The van der Waals surface area contributed by atoms with Crippen molar-refractivity contribution in [3.05, 3.63) is 36.5 Å². The molecule has 0 aliphatic heterocycles. The summed E-state index contributed by atoms with van der Waals surface area (Å²) in [5, 5.41) is 0. The molecule has 16 heavy (non-hydrogen) atoms. The van der Waals surface area contributed by atoms with Gasteiger partial charge < -0.3 is 15.0 Å². The van der Waals surface area contributed by atoms with Gasteiger partial charge in [-0.1, -0.05) is 0 Å². The van der Waals surface area contributed by atoms with E-state index in [4.69, 9.17) is 10.5 Å². The molecule has 0 spiro atoms. The molecule has 0 aromatic carbocycles. The zero-order valence-electron chi connectivity index (χ0n) is 9.29. The number of hydrogen-bond acceptors (Lipinski definition) is 4. The van der Waals surface area contributed by atoms with E-state index in [-0.39, 0.29) is 6.04 Å². The number of pyridine rings is 1. The first-order valence-corrected chi connectivity index (χ1v) is 5.00. The predicted octanol–water partition coefficient (Wildman–Crippen LogP) is 1.30. The van der Waals surface area contributed by atoms with Gasteiger partial charge in [0, 0.05) is 12.1 Å². The van der Waals surface area contributed by atoms with E-state index in [9.17, 15) is 0 Å². The van der Waals surface area contributed by atoms with Crippen molar-refractivity contribution in [1.29, 1.82) is 0 Å². The van der Waals surface area contributed by atoms with Gasteiger partial charge in [0.25, 0.3) is 0 Å². The summed E-state index contributed by atoms with van der Waals surface area (Å²) in [5.41, 5.74) is 7.72. The fourth-order valence-corrected chi connectivity index (χ4v) is 1.49. The van der Waals surface area contributed by atoms with Gasteiger partial charge >= 0.3 is 0 Å². The minimum absolute atomic E-state index is 0.0652. The molecule has 0 aliphatic carbocycles. The summed E-state index contributed by atoms with van der Waals surface area (Å²) in [5.74, 6) is 0.589. The van der Waals surface area contributed by atoms with Crippen molar-refractivity contribution in [3.8, 4) is 11.6 Å². The third-order valence-corrected chi connectivity index (χ3v) is 2.34. The average Bonchev–Trinajstić information content (AvgIpc) is 2.78. The fraction of sp³-hybridized carbons (Fsp3) is 0.273. The molecule has 0 saturated heterocycles. The quantitative estimate of drug-likeness (QED) is 0.843. The maximum atomic E-state index is 5.85. The summed E-state index contributed by atoms with van der Waals surface area (Å²) in [6, 6.07) is 3.66. The summed E-state index contributed by atoms with van der Waals surface area (Å²) in [6.45, 7) is 1.92. The summed E-state index contributed by atoms with van der Waals surface area (Å²) in [6.07, 6.45) is 5.21. The number of imidazole rings is 1. The van der Waals surface area contributed by atoms with Crippen LogP contribution in [-0.4, -0.2) is 21.6 Å². The fourth-order valence-electron chi connectivity index (χ4n) is 1.49. The number of hydrogen-bond donors (Lipinski definition) is 1.